The first kappa shape index (κ1) is 19.7. The third-order valence-electron chi connectivity index (χ3n) is 6.50. The molecular formula is C22H33N3O3. The van der Waals surface area contributed by atoms with Crippen LogP contribution in [0.1, 0.15) is 32.1 Å². The van der Waals surface area contributed by atoms with Gasteiger partial charge in [-0.1, -0.05) is 31.0 Å². The molecule has 1 aromatic rings. The summed E-state index contributed by atoms with van der Waals surface area (Å²) in [5.74, 6) is 1.76. The Balaban J connectivity index is 1.17. The average Bonchev–Trinajstić information content (AvgIpc) is 3.17. The zero-order valence-corrected chi connectivity index (χ0v) is 16.6. The summed E-state index contributed by atoms with van der Waals surface area (Å²) in [6.45, 7) is 4.00. The van der Waals surface area contributed by atoms with Crippen molar-refractivity contribution in [2.75, 3.05) is 39.3 Å². The molecule has 28 heavy (non-hydrogen) atoms. The van der Waals surface area contributed by atoms with E-state index >= 15 is 0 Å². The summed E-state index contributed by atoms with van der Waals surface area (Å²) >= 11 is 0. The van der Waals surface area contributed by atoms with Crippen molar-refractivity contribution < 1.29 is 14.6 Å². The number of β-amino-alcohol motifs (C(OH)–C–C–N with tert-alkyl or cyclic N) is 1. The minimum atomic E-state index is -0.526. The van der Waals surface area contributed by atoms with Crippen LogP contribution in [-0.4, -0.2) is 78.3 Å². The molecule has 6 heteroatoms. The van der Waals surface area contributed by atoms with E-state index in [0.717, 1.165) is 38.3 Å². The summed E-state index contributed by atoms with van der Waals surface area (Å²) in [6, 6.07) is 10.2. The lowest BCUT2D eigenvalue weighted by atomic mass is 9.85. The molecule has 2 N–H and O–H groups in total. The molecule has 1 aromatic carbocycles. The predicted octanol–water partition coefficient (Wildman–Crippen LogP) is 1.49. The number of carbonyl (C=O) groups excluding carboxylic acids is 1. The number of piperazine rings is 1. The van der Waals surface area contributed by atoms with Crippen molar-refractivity contribution in [2.45, 2.75) is 50.3 Å². The van der Waals surface area contributed by atoms with Gasteiger partial charge in [-0.25, -0.2) is 0 Å². The zero-order valence-electron chi connectivity index (χ0n) is 16.6. The lowest BCUT2D eigenvalue weighted by molar-refractivity contribution is -0.135. The molecule has 4 unspecified atom stereocenters. The lowest BCUT2D eigenvalue weighted by Crippen LogP contribution is -2.54. The summed E-state index contributed by atoms with van der Waals surface area (Å²) in [5.41, 5.74) is 0. The van der Waals surface area contributed by atoms with E-state index in [9.17, 15) is 9.90 Å². The van der Waals surface area contributed by atoms with Crippen molar-refractivity contribution >= 4 is 5.91 Å². The van der Waals surface area contributed by atoms with Crippen molar-refractivity contribution in [3.05, 3.63) is 30.3 Å². The summed E-state index contributed by atoms with van der Waals surface area (Å²) in [6.07, 6.45) is 5.60. The SMILES string of the molecule is O=C(C1CC2CCCCC2N1)N1CCN(CC(O)COc2ccccc2)CC1. The third-order valence-corrected chi connectivity index (χ3v) is 6.50. The largest absolute Gasteiger partial charge is 0.491 e. The van der Waals surface area contributed by atoms with E-state index in [4.69, 9.17) is 4.74 Å². The topological polar surface area (TPSA) is 65.0 Å². The van der Waals surface area contributed by atoms with Crippen LogP contribution >= 0.6 is 0 Å². The first-order valence-electron chi connectivity index (χ1n) is 10.8. The zero-order chi connectivity index (χ0) is 19.3. The monoisotopic (exact) mass is 387 g/mol. The number of hydrogen-bond donors (Lipinski definition) is 2. The van der Waals surface area contributed by atoms with Gasteiger partial charge in [-0.3, -0.25) is 9.69 Å². The minimum absolute atomic E-state index is 0.0181. The fourth-order valence-corrected chi connectivity index (χ4v) is 4.94. The molecule has 6 nitrogen and oxygen atoms in total. The van der Waals surface area contributed by atoms with Gasteiger partial charge in [-0.15, -0.1) is 0 Å². The van der Waals surface area contributed by atoms with Gasteiger partial charge in [-0.2, -0.15) is 0 Å². The highest BCUT2D eigenvalue weighted by Crippen LogP contribution is 2.33. The average molecular weight is 388 g/mol. The number of fused-ring (bicyclic) bond motifs is 1. The second-order valence-corrected chi connectivity index (χ2v) is 8.51. The quantitative estimate of drug-likeness (QED) is 0.774. The first-order valence-corrected chi connectivity index (χ1v) is 10.8. The second kappa shape index (κ2) is 9.25. The number of aliphatic hydroxyl groups is 1. The van der Waals surface area contributed by atoms with E-state index in [2.05, 4.69) is 10.2 Å². The molecule has 1 saturated carbocycles. The summed E-state index contributed by atoms with van der Waals surface area (Å²) in [4.78, 5) is 17.1. The van der Waals surface area contributed by atoms with Gasteiger partial charge in [0, 0.05) is 38.8 Å². The second-order valence-electron chi connectivity index (χ2n) is 8.51. The molecule has 0 aromatic heterocycles. The lowest BCUT2D eigenvalue weighted by Gasteiger charge is -2.36. The Morgan fingerprint density at radius 1 is 1.14 bits per heavy atom. The predicted molar refractivity (Wildman–Crippen MR) is 108 cm³/mol. The number of ether oxygens (including phenoxy) is 1. The van der Waals surface area contributed by atoms with Gasteiger partial charge >= 0.3 is 0 Å². The number of amides is 1. The number of benzene rings is 1. The van der Waals surface area contributed by atoms with Crippen molar-refractivity contribution in [1.29, 1.82) is 0 Å². The van der Waals surface area contributed by atoms with Crippen LogP contribution in [0.4, 0.5) is 0 Å². The fourth-order valence-electron chi connectivity index (χ4n) is 4.94. The number of nitrogens with zero attached hydrogens (tertiary/aromatic N) is 2. The van der Waals surface area contributed by atoms with Crippen LogP contribution in [-0.2, 0) is 4.79 Å². The molecule has 3 fully saturated rings. The standard InChI is InChI=1S/C22H33N3O3/c26-18(16-28-19-7-2-1-3-8-19)15-24-10-12-25(13-11-24)22(27)21-14-17-6-4-5-9-20(17)23-21/h1-3,7-8,17-18,20-21,23,26H,4-6,9-16H2. The molecular weight excluding hydrogens is 354 g/mol. The summed E-state index contributed by atoms with van der Waals surface area (Å²) in [7, 11) is 0. The number of hydrogen-bond acceptors (Lipinski definition) is 5. The van der Waals surface area contributed by atoms with Crippen LogP contribution in [0.2, 0.25) is 0 Å². The van der Waals surface area contributed by atoms with Gasteiger partial charge in [-0.05, 0) is 37.3 Å². The van der Waals surface area contributed by atoms with Crippen LogP contribution in [0.3, 0.4) is 0 Å². The molecule has 1 aliphatic carbocycles. The Bertz CT molecular complexity index is 619. The number of para-hydroxylation sites is 1. The molecule has 2 heterocycles. The first-order chi connectivity index (χ1) is 13.7. The minimum Gasteiger partial charge on any atom is -0.491 e. The van der Waals surface area contributed by atoms with E-state index in [1.54, 1.807) is 0 Å². The van der Waals surface area contributed by atoms with Gasteiger partial charge in [0.1, 0.15) is 18.5 Å². The molecule has 2 aliphatic heterocycles. The third kappa shape index (κ3) is 4.85. The molecule has 2 saturated heterocycles. The van der Waals surface area contributed by atoms with Crippen LogP contribution < -0.4 is 10.1 Å². The smallest absolute Gasteiger partial charge is 0.239 e. The highest BCUT2D eigenvalue weighted by atomic mass is 16.5. The van der Waals surface area contributed by atoms with E-state index in [0.29, 0.717) is 18.5 Å². The normalized spacial score (nSPS) is 29.3. The molecule has 1 amide bonds. The van der Waals surface area contributed by atoms with Gasteiger partial charge < -0.3 is 20.1 Å². The Morgan fingerprint density at radius 2 is 1.89 bits per heavy atom. The highest BCUT2D eigenvalue weighted by molar-refractivity contribution is 5.82. The maximum atomic E-state index is 12.9. The van der Waals surface area contributed by atoms with Crippen molar-refractivity contribution in [3.8, 4) is 5.75 Å². The maximum absolute atomic E-state index is 12.9. The van der Waals surface area contributed by atoms with Gasteiger partial charge in [0.25, 0.3) is 0 Å². The number of aliphatic hydroxyl groups excluding tert-OH is 1. The number of nitrogens with one attached hydrogen (secondary N) is 1. The van der Waals surface area contributed by atoms with Crippen LogP contribution in [0.25, 0.3) is 0 Å². The Hall–Kier alpha value is -1.63. The summed E-state index contributed by atoms with van der Waals surface area (Å²) in [5, 5.41) is 13.9. The van der Waals surface area contributed by atoms with Crippen LogP contribution in [0.15, 0.2) is 30.3 Å². The van der Waals surface area contributed by atoms with Crippen LogP contribution in [0.5, 0.6) is 5.75 Å². The van der Waals surface area contributed by atoms with Crippen molar-refractivity contribution in [2.24, 2.45) is 5.92 Å². The molecule has 0 spiro atoms. The molecule has 154 valence electrons. The Labute approximate surface area is 167 Å². The van der Waals surface area contributed by atoms with E-state index in [-0.39, 0.29) is 18.6 Å². The van der Waals surface area contributed by atoms with Crippen molar-refractivity contribution in [1.82, 2.24) is 15.1 Å². The van der Waals surface area contributed by atoms with E-state index < -0.39 is 6.10 Å². The van der Waals surface area contributed by atoms with Gasteiger partial charge in [0.15, 0.2) is 0 Å². The summed E-state index contributed by atoms with van der Waals surface area (Å²) < 4.78 is 5.63. The molecule has 4 atom stereocenters. The van der Waals surface area contributed by atoms with Gasteiger partial charge in [0.05, 0.1) is 6.04 Å². The molecule has 0 radical (unpaired) electrons. The van der Waals surface area contributed by atoms with E-state index in [1.807, 2.05) is 35.2 Å². The fraction of sp³-hybridized carbons (Fsp3) is 0.682. The van der Waals surface area contributed by atoms with E-state index in [1.165, 1.54) is 25.7 Å². The molecule has 0 bridgehead atoms. The van der Waals surface area contributed by atoms with Crippen LogP contribution in [0, 0.1) is 5.92 Å². The van der Waals surface area contributed by atoms with Crippen molar-refractivity contribution in [3.63, 3.8) is 0 Å². The maximum Gasteiger partial charge on any atom is 0.239 e. The van der Waals surface area contributed by atoms with Gasteiger partial charge in [0.2, 0.25) is 5.91 Å². The number of carbonyl (C=O) groups is 1. The number of rotatable bonds is 6. The Kier molecular flexibility index (Phi) is 6.50. The highest BCUT2D eigenvalue weighted by Gasteiger charge is 2.40. The Morgan fingerprint density at radius 3 is 2.64 bits per heavy atom. The molecule has 4 rings (SSSR count). The molecule has 3 aliphatic rings.